The Morgan fingerprint density at radius 3 is 2.83 bits per heavy atom. The smallest absolute Gasteiger partial charge is 0.227 e. The van der Waals surface area contributed by atoms with Crippen LogP contribution in [0.25, 0.3) is 0 Å². The topological polar surface area (TPSA) is 50.4 Å². The van der Waals surface area contributed by atoms with Crippen LogP contribution in [0.5, 0.6) is 0 Å². The number of amides is 1. The molecule has 0 spiro atoms. The lowest BCUT2D eigenvalue weighted by Crippen LogP contribution is -2.53. The fourth-order valence-electron chi connectivity index (χ4n) is 3.38. The Balaban J connectivity index is 0.00000120. The Kier molecular flexibility index (Phi) is 4.19. The first kappa shape index (κ1) is 14.1. The summed E-state index contributed by atoms with van der Waals surface area (Å²) in [6.07, 6.45) is 6.08. The summed E-state index contributed by atoms with van der Waals surface area (Å²) in [6, 6.07) is 0.264. The van der Waals surface area contributed by atoms with Crippen molar-refractivity contribution in [3.05, 3.63) is 0 Å². The van der Waals surface area contributed by atoms with Crippen LogP contribution in [0.2, 0.25) is 0 Å². The Labute approximate surface area is 115 Å². The number of nitrogens with one attached hydrogen (secondary N) is 2. The first-order valence-electron chi connectivity index (χ1n) is 6.84. The van der Waals surface area contributed by atoms with Gasteiger partial charge in [-0.25, -0.2) is 0 Å². The van der Waals surface area contributed by atoms with Crippen molar-refractivity contribution in [2.75, 3.05) is 13.1 Å². The molecule has 2 bridgehead atoms. The van der Waals surface area contributed by atoms with Crippen molar-refractivity contribution in [1.82, 2.24) is 10.6 Å². The van der Waals surface area contributed by atoms with Crippen molar-refractivity contribution in [1.29, 1.82) is 0 Å². The van der Waals surface area contributed by atoms with Crippen molar-refractivity contribution in [2.24, 2.45) is 5.41 Å². The van der Waals surface area contributed by atoms with Gasteiger partial charge in [-0.1, -0.05) is 0 Å². The summed E-state index contributed by atoms with van der Waals surface area (Å²) in [5, 5.41) is 6.54. The first-order chi connectivity index (χ1) is 8.17. The number of hydrogen-bond donors (Lipinski definition) is 2. The second kappa shape index (κ2) is 5.35. The maximum atomic E-state index is 12.3. The molecule has 4 unspecified atom stereocenters. The van der Waals surface area contributed by atoms with E-state index in [1.807, 2.05) is 0 Å². The molecule has 3 rings (SSSR count). The van der Waals surface area contributed by atoms with Crippen LogP contribution in [-0.2, 0) is 9.53 Å². The summed E-state index contributed by atoms with van der Waals surface area (Å²) >= 11 is 0. The quantitative estimate of drug-likeness (QED) is 0.796. The van der Waals surface area contributed by atoms with Gasteiger partial charge in [0.2, 0.25) is 5.91 Å². The molecule has 3 aliphatic rings. The molecular weight excluding hydrogens is 252 g/mol. The molecule has 0 aromatic rings. The molecule has 0 aliphatic carbocycles. The largest absolute Gasteiger partial charge is 0.373 e. The summed E-state index contributed by atoms with van der Waals surface area (Å²) in [7, 11) is 0. The lowest BCUT2D eigenvalue weighted by molar-refractivity contribution is -0.132. The van der Waals surface area contributed by atoms with E-state index >= 15 is 0 Å². The lowest BCUT2D eigenvalue weighted by Gasteiger charge is -2.34. The standard InChI is InChI=1S/C13H22N2O2.ClH/c1-13(5-2-6-14-8-13)12(16)15-10-7-9-3-4-11(10)17-9;/h9-11,14H,2-8H2,1H3,(H,15,16);1H. The van der Waals surface area contributed by atoms with E-state index < -0.39 is 0 Å². The van der Waals surface area contributed by atoms with E-state index in [0.29, 0.717) is 6.10 Å². The normalized spacial score (nSPS) is 42.4. The average molecular weight is 275 g/mol. The zero-order valence-electron chi connectivity index (χ0n) is 10.9. The van der Waals surface area contributed by atoms with Gasteiger partial charge in [0.15, 0.2) is 0 Å². The molecule has 4 atom stereocenters. The van der Waals surface area contributed by atoms with E-state index in [1.54, 1.807) is 0 Å². The summed E-state index contributed by atoms with van der Waals surface area (Å²) in [5.74, 6) is 0.214. The fourth-order valence-corrected chi connectivity index (χ4v) is 3.38. The molecule has 0 aromatic carbocycles. The van der Waals surface area contributed by atoms with Crippen molar-refractivity contribution in [3.8, 4) is 0 Å². The van der Waals surface area contributed by atoms with E-state index in [1.165, 1.54) is 6.42 Å². The van der Waals surface area contributed by atoms with Crippen LogP contribution < -0.4 is 10.6 Å². The highest BCUT2D eigenvalue weighted by molar-refractivity contribution is 5.85. The molecule has 3 aliphatic heterocycles. The minimum atomic E-state index is -0.222. The predicted molar refractivity (Wildman–Crippen MR) is 71.9 cm³/mol. The molecule has 18 heavy (non-hydrogen) atoms. The molecular formula is C13H23ClN2O2. The van der Waals surface area contributed by atoms with Gasteiger partial charge >= 0.3 is 0 Å². The monoisotopic (exact) mass is 274 g/mol. The molecule has 3 fully saturated rings. The van der Waals surface area contributed by atoms with Crippen LogP contribution in [-0.4, -0.2) is 37.2 Å². The third kappa shape index (κ3) is 2.51. The molecule has 3 saturated heterocycles. The Morgan fingerprint density at radius 2 is 2.28 bits per heavy atom. The number of piperidine rings is 1. The molecule has 0 aromatic heterocycles. The Hall–Kier alpha value is -0.320. The molecule has 104 valence electrons. The third-order valence-corrected chi connectivity index (χ3v) is 4.57. The van der Waals surface area contributed by atoms with E-state index in [4.69, 9.17) is 4.74 Å². The zero-order chi connectivity index (χ0) is 11.9. The second-order valence-corrected chi connectivity index (χ2v) is 6.03. The van der Waals surface area contributed by atoms with Gasteiger partial charge in [0, 0.05) is 6.54 Å². The maximum absolute atomic E-state index is 12.3. The average Bonchev–Trinajstić information content (AvgIpc) is 2.92. The van der Waals surface area contributed by atoms with Gasteiger partial charge in [-0.15, -0.1) is 12.4 Å². The van der Waals surface area contributed by atoms with E-state index in [-0.39, 0.29) is 35.9 Å². The van der Waals surface area contributed by atoms with Crippen LogP contribution in [0.1, 0.15) is 39.0 Å². The van der Waals surface area contributed by atoms with E-state index in [9.17, 15) is 4.79 Å². The van der Waals surface area contributed by atoms with Crippen LogP contribution in [0.3, 0.4) is 0 Å². The highest BCUT2D eigenvalue weighted by Crippen LogP contribution is 2.35. The molecule has 4 nitrogen and oxygen atoms in total. The fraction of sp³-hybridized carbons (Fsp3) is 0.923. The summed E-state index contributed by atoms with van der Waals surface area (Å²) in [4.78, 5) is 12.3. The first-order valence-corrected chi connectivity index (χ1v) is 6.84. The predicted octanol–water partition coefficient (Wildman–Crippen LogP) is 1.23. The number of carbonyl (C=O) groups excluding carboxylic acids is 1. The van der Waals surface area contributed by atoms with Crippen LogP contribution in [0.15, 0.2) is 0 Å². The summed E-state index contributed by atoms with van der Waals surface area (Å²) in [6.45, 7) is 3.92. The highest BCUT2D eigenvalue weighted by Gasteiger charge is 2.44. The van der Waals surface area contributed by atoms with Crippen molar-refractivity contribution < 1.29 is 9.53 Å². The number of hydrogen-bond acceptors (Lipinski definition) is 3. The third-order valence-electron chi connectivity index (χ3n) is 4.57. The molecule has 0 radical (unpaired) electrons. The number of halogens is 1. The van der Waals surface area contributed by atoms with Crippen LogP contribution in [0.4, 0.5) is 0 Å². The molecule has 2 N–H and O–H groups in total. The Bertz CT molecular complexity index is 318. The molecule has 0 saturated carbocycles. The van der Waals surface area contributed by atoms with Gasteiger partial charge in [-0.3, -0.25) is 4.79 Å². The van der Waals surface area contributed by atoms with Crippen LogP contribution in [0, 0.1) is 5.41 Å². The van der Waals surface area contributed by atoms with Gasteiger partial charge in [-0.05, 0) is 45.6 Å². The van der Waals surface area contributed by atoms with Crippen LogP contribution >= 0.6 is 12.4 Å². The van der Waals surface area contributed by atoms with Crippen molar-refractivity contribution >= 4 is 18.3 Å². The number of fused-ring (bicyclic) bond motifs is 2. The number of rotatable bonds is 2. The molecule has 5 heteroatoms. The second-order valence-electron chi connectivity index (χ2n) is 6.03. The highest BCUT2D eigenvalue weighted by atomic mass is 35.5. The van der Waals surface area contributed by atoms with E-state index in [2.05, 4.69) is 17.6 Å². The minimum Gasteiger partial charge on any atom is -0.373 e. The number of carbonyl (C=O) groups is 1. The molecule has 3 heterocycles. The van der Waals surface area contributed by atoms with Gasteiger partial charge in [0.25, 0.3) is 0 Å². The van der Waals surface area contributed by atoms with Crippen molar-refractivity contribution in [3.63, 3.8) is 0 Å². The minimum absolute atomic E-state index is 0. The van der Waals surface area contributed by atoms with Gasteiger partial charge < -0.3 is 15.4 Å². The van der Waals surface area contributed by atoms with Crippen molar-refractivity contribution in [2.45, 2.75) is 57.3 Å². The molecule has 1 amide bonds. The van der Waals surface area contributed by atoms with E-state index in [0.717, 1.165) is 38.8 Å². The zero-order valence-corrected chi connectivity index (χ0v) is 11.7. The van der Waals surface area contributed by atoms with Gasteiger partial charge in [0.1, 0.15) is 0 Å². The summed E-state index contributed by atoms with van der Waals surface area (Å²) in [5.41, 5.74) is -0.222. The number of ether oxygens (including phenoxy) is 1. The summed E-state index contributed by atoms with van der Waals surface area (Å²) < 4.78 is 5.78. The Morgan fingerprint density at radius 1 is 1.44 bits per heavy atom. The lowest BCUT2D eigenvalue weighted by atomic mass is 9.81. The van der Waals surface area contributed by atoms with Gasteiger partial charge in [0.05, 0.1) is 23.7 Å². The SMILES string of the molecule is CC1(C(=O)NC2CC3CCC2O3)CCCNC1.Cl. The van der Waals surface area contributed by atoms with Gasteiger partial charge in [-0.2, -0.15) is 0 Å². The maximum Gasteiger partial charge on any atom is 0.227 e.